The zero-order valence-electron chi connectivity index (χ0n) is 14.6. The summed E-state index contributed by atoms with van der Waals surface area (Å²) in [6.45, 7) is 15.9. The third-order valence-corrected chi connectivity index (χ3v) is 4.07. The van der Waals surface area contributed by atoms with E-state index >= 15 is 0 Å². The molecular weight excluding hydrogens is 260 g/mol. The summed E-state index contributed by atoms with van der Waals surface area (Å²) in [5, 5.41) is 3.42. The molecule has 0 atom stereocenters. The molecule has 0 saturated carbocycles. The maximum Gasteiger partial charge on any atom is 0.225 e. The molecule has 0 fully saturated rings. The molecular formula is C17H32N4. The van der Waals surface area contributed by atoms with Crippen molar-refractivity contribution in [3.05, 3.63) is 17.5 Å². The number of hydrogen-bond acceptors (Lipinski definition) is 4. The van der Waals surface area contributed by atoms with Gasteiger partial charge in [0.1, 0.15) is 0 Å². The molecule has 4 heteroatoms. The molecule has 4 nitrogen and oxygen atoms in total. The fourth-order valence-corrected chi connectivity index (χ4v) is 2.33. The van der Waals surface area contributed by atoms with E-state index in [2.05, 4.69) is 56.7 Å². The maximum absolute atomic E-state index is 4.72. The van der Waals surface area contributed by atoms with Gasteiger partial charge in [-0.05, 0) is 19.8 Å². The van der Waals surface area contributed by atoms with Gasteiger partial charge in [-0.3, -0.25) is 0 Å². The minimum atomic E-state index is 0.478. The van der Waals surface area contributed by atoms with Crippen molar-refractivity contribution in [2.45, 2.75) is 67.0 Å². The second-order valence-corrected chi connectivity index (χ2v) is 6.04. The molecule has 0 aliphatic rings. The summed E-state index contributed by atoms with van der Waals surface area (Å²) < 4.78 is 0. The van der Waals surface area contributed by atoms with Gasteiger partial charge >= 0.3 is 0 Å². The van der Waals surface area contributed by atoms with Gasteiger partial charge in [0.15, 0.2) is 0 Å². The highest BCUT2D eigenvalue weighted by atomic mass is 15.2. The van der Waals surface area contributed by atoms with Crippen molar-refractivity contribution in [3.8, 4) is 0 Å². The Labute approximate surface area is 130 Å². The summed E-state index contributed by atoms with van der Waals surface area (Å²) in [7, 11) is 0. The summed E-state index contributed by atoms with van der Waals surface area (Å²) in [6, 6.07) is 0.478. The van der Waals surface area contributed by atoms with Crippen LogP contribution in [0.4, 0.5) is 5.95 Å². The number of anilines is 1. The number of rotatable bonds is 9. The van der Waals surface area contributed by atoms with Crippen molar-refractivity contribution in [3.63, 3.8) is 0 Å². The fourth-order valence-electron chi connectivity index (χ4n) is 2.33. The Morgan fingerprint density at radius 2 is 1.86 bits per heavy atom. The highest BCUT2D eigenvalue weighted by molar-refractivity contribution is 5.32. The summed E-state index contributed by atoms with van der Waals surface area (Å²) in [6.07, 6.45) is 4.40. The van der Waals surface area contributed by atoms with E-state index < -0.39 is 0 Å². The normalized spacial score (nSPS) is 11.4. The van der Waals surface area contributed by atoms with Gasteiger partial charge in [-0.25, -0.2) is 9.97 Å². The van der Waals surface area contributed by atoms with Crippen LogP contribution in [0, 0.1) is 12.8 Å². The average Bonchev–Trinajstić information content (AvgIpc) is 2.47. The molecule has 0 unspecified atom stereocenters. The summed E-state index contributed by atoms with van der Waals surface area (Å²) in [4.78, 5) is 11.6. The Hall–Kier alpha value is -1.16. The molecule has 1 N–H and O–H groups in total. The number of aryl methyl sites for hydroxylation is 1. The van der Waals surface area contributed by atoms with Crippen molar-refractivity contribution in [1.82, 2.24) is 15.3 Å². The van der Waals surface area contributed by atoms with E-state index in [9.17, 15) is 0 Å². The van der Waals surface area contributed by atoms with E-state index in [-0.39, 0.29) is 0 Å². The summed E-state index contributed by atoms with van der Waals surface area (Å²) in [5.41, 5.74) is 2.27. The first-order valence-electron chi connectivity index (χ1n) is 8.32. The van der Waals surface area contributed by atoms with E-state index in [1.165, 1.54) is 18.4 Å². The number of nitrogens with one attached hydrogen (secondary N) is 1. The van der Waals surface area contributed by atoms with Crippen molar-refractivity contribution >= 4 is 5.95 Å². The van der Waals surface area contributed by atoms with Gasteiger partial charge < -0.3 is 10.2 Å². The topological polar surface area (TPSA) is 41.1 Å². The predicted molar refractivity (Wildman–Crippen MR) is 90.7 cm³/mol. The van der Waals surface area contributed by atoms with E-state index in [0.717, 1.165) is 37.2 Å². The number of hydrogen-bond donors (Lipinski definition) is 1. The van der Waals surface area contributed by atoms with Crippen LogP contribution in [0.3, 0.4) is 0 Å². The highest BCUT2D eigenvalue weighted by Gasteiger charge is 2.14. The monoisotopic (exact) mass is 292 g/mol. The van der Waals surface area contributed by atoms with Gasteiger partial charge in [-0.1, -0.05) is 40.5 Å². The minimum Gasteiger partial charge on any atom is -0.341 e. The summed E-state index contributed by atoms with van der Waals surface area (Å²) >= 11 is 0. The van der Waals surface area contributed by atoms with Gasteiger partial charge in [0, 0.05) is 43.1 Å². The Bertz CT molecular complexity index is 413. The SMILES string of the molecule is CCC(CC)CN(CC)c1ncc(CNC(C)C)c(C)n1. The van der Waals surface area contributed by atoms with E-state index in [0.29, 0.717) is 6.04 Å². The van der Waals surface area contributed by atoms with Crippen molar-refractivity contribution in [1.29, 1.82) is 0 Å². The Kier molecular flexibility index (Phi) is 7.65. The Morgan fingerprint density at radius 1 is 1.19 bits per heavy atom. The van der Waals surface area contributed by atoms with E-state index in [1.807, 2.05) is 6.20 Å². The van der Waals surface area contributed by atoms with Crippen LogP contribution < -0.4 is 10.2 Å². The molecule has 1 rings (SSSR count). The van der Waals surface area contributed by atoms with Crippen LogP contribution >= 0.6 is 0 Å². The van der Waals surface area contributed by atoms with Gasteiger partial charge in [0.25, 0.3) is 0 Å². The van der Waals surface area contributed by atoms with Crippen LogP contribution in [-0.2, 0) is 6.54 Å². The fraction of sp³-hybridized carbons (Fsp3) is 0.765. The Balaban J connectivity index is 2.79. The van der Waals surface area contributed by atoms with Gasteiger partial charge in [0.2, 0.25) is 5.95 Å². The summed E-state index contributed by atoms with van der Waals surface area (Å²) in [5.74, 6) is 1.59. The lowest BCUT2D eigenvalue weighted by atomic mass is 10.0. The molecule has 0 saturated heterocycles. The predicted octanol–water partition coefficient (Wildman–Crippen LogP) is 3.55. The zero-order valence-corrected chi connectivity index (χ0v) is 14.6. The lowest BCUT2D eigenvalue weighted by molar-refractivity contribution is 0.482. The molecule has 0 bridgehead atoms. The van der Waals surface area contributed by atoms with Crippen LogP contribution in [0.2, 0.25) is 0 Å². The third kappa shape index (κ3) is 5.62. The van der Waals surface area contributed by atoms with Crippen molar-refractivity contribution in [2.75, 3.05) is 18.0 Å². The molecule has 120 valence electrons. The zero-order chi connectivity index (χ0) is 15.8. The lowest BCUT2D eigenvalue weighted by Gasteiger charge is -2.26. The van der Waals surface area contributed by atoms with Crippen LogP contribution in [-0.4, -0.2) is 29.1 Å². The van der Waals surface area contributed by atoms with Crippen LogP contribution in [0.5, 0.6) is 0 Å². The second kappa shape index (κ2) is 8.98. The first kappa shape index (κ1) is 17.9. The molecule has 0 amide bonds. The van der Waals surface area contributed by atoms with Crippen LogP contribution in [0.1, 0.15) is 58.7 Å². The highest BCUT2D eigenvalue weighted by Crippen LogP contribution is 2.16. The molecule has 0 spiro atoms. The molecule has 0 aromatic carbocycles. The number of aromatic nitrogens is 2. The smallest absolute Gasteiger partial charge is 0.225 e. The van der Waals surface area contributed by atoms with Gasteiger partial charge in [-0.2, -0.15) is 0 Å². The van der Waals surface area contributed by atoms with E-state index in [4.69, 9.17) is 4.98 Å². The van der Waals surface area contributed by atoms with Crippen molar-refractivity contribution in [2.24, 2.45) is 5.92 Å². The molecule has 1 heterocycles. The first-order valence-corrected chi connectivity index (χ1v) is 8.32. The lowest BCUT2D eigenvalue weighted by Crippen LogP contribution is -2.31. The minimum absolute atomic E-state index is 0.478. The molecule has 21 heavy (non-hydrogen) atoms. The first-order chi connectivity index (χ1) is 10.0. The standard InChI is InChI=1S/C17H32N4/c1-7-15(8-2)12-21(9-3)17-19-11-16(14(6)20-17)10-18-13(4)5/h11,13,15,18H,7-10,12H2,1-6H3. The van der Waals surface area contributed by atoms with Gasteiger partial charge in [-0.15, -0.1) is 0 Å². The van der Waals surface area contributed by atoms with Crippen LogP contribution in [0.15, 0.2) is 6.20 Å². The maximum atomic E-state index is 4.72. The molecule has 0 radical (unpaired) electrons. The third-order valence-electron chi connectivity index (χ3n) is 4.07. The van der Waals surface area contributed by atoms with Crippen LogP contribution in [0.25, 0.3) is 0 Å². The molecule has 0 aliphatic carbocycles. The largest absolute Gasteiger partial charge is 0.341 e. The quantitative estimate of drug-likeness (QED) is 0.756. The molecule has 1 aromatic rings. The number of nitrogens with zero attached hydrogens (tertiary/aromatic N) is 3. The molecule has 1 aromatic heterocycles. The van der Waals surface area contributed by atoms with Crippen molar-refractivity contribution < 1.29 is 0 Å². The van der Waals surface area contributed by atoms with E-state index in [1.54, 1.807) is 0 Å². The second-order valence-electron chi connectivity index (χ2n) is 6.04. The molecule has 0 aliphatic heterocycles. The average molecular weight is 292 g/mol. The Morgan fingerprint density at radius 3 is 2.33 bits per heavy atom. The van der Waals surface area contributed by atoms with Gasteiger partial charge in [0.05, 0.1) is 0 Å².